The minimum atomic E-state index is -0.395. The smallest absolute Gasteiger partial charge is 0.211 e. The van der Waals surface area contributed by atoms with Gasteiger partial charge in [-0.3, -0.25) is 14.9 Å². The molecule has 0 aromatic heterocycles. The molecule has 0 amide bonds. The number of carbonyl (C=O) groups is 1. The van der Waals surface area contributed by atoms with Gasteiger partial charge in [0.05, 0.1) is 5.92 Å². The van der Waals surface area contributed by atoms with Crippen molar-refractivity contribution in [2.24, 2.45) is 0 Å². The van der Waals surface area contributed by atoms with E-state index in [1.807, 2.05) is 55.5 Å². The van der Waals surface area contributed by atoms with Crippen LogP contribution in [0.3, 0.4) is 0 Å². The van der Waals surface area contributed by atoms with Crippen LogP contribution in [0.15, 0.2) is 54.6 Å². The number of benzene rings is 2. The van der Waals surface area contributed by atoms with Crippen LogP contribution in [-0.2, 0) is 0 Å². The first kappa shape index (κ1) is 14.9. The van der Waals surface area contributed by atoms with E-state index in [0.29, 0.717) is 5.56 Å². The van der Waals surface area contributed by atoms with Crippen molar-refractivity contribution in [2.75, 3.05) is 6.54 Å². The number of hydrogen-bond acceptors (Lipinski definition) is 3. The fourth-order valence-electron chi connectivity index (χ4n) is 2.41. The Kier molecular flexibility index (Phi) is 4.82. The maximum absolute atomic E-state index is 12.4. The van der Waals surface area contributed by atoms with Gasteiger partial charge in [-0.15, -0.1) is 0 Å². The van der Waals surface area contributed by atoms with Crippen LogP contribution in [0.1, 0.15) is 33.8 Å². The topological polar surface area (TPSA) is 60.2 Å². The minimum Gasteiger partial charge on any atom is -0.294 e. The molecule has 0 bridgehead atoms. The van der Waals surface area contributed by atoms with E-state index in [9.17, 15) is 14.9 Å². The number of Topliss-reactive ketones (excluding diaryl/α,β-unsaturated/α-hetero) is 1. The third-order valence-corrected chi connectivity index (χ3v) is 3.52. The van der Waals surface area contributed by atoms with Crippen molar-refractivity contribution in [3.8, 4) is 0 Å². The van der Waals surface area contributed by atoms with E-state index >= 15 is 0 Å². The molecule has 2 aromatic rings. The Morgan fingerprint density at radius 2 is 1.71 bits per heavy atom. The molecule has 4 nitrogen and oxygen atoms in total. The standard InChI is InChI=1S/C17H17NO3/c1-13-7-5-6-10-16(13)17(19)11-15(12-18(20)21)14-8-3-2-4-9-14/h2-10,15H,11-12H2,1H3/t15-/m1/s1. The van der Waals surface area contributed by atoms with Crippen molar-refractivity contribution in [2.45, 2.75) is 19.3 Å². The monoisotopic (exact) mass is 283 g/mol. The second-order valence-corrected chi connectivity index (χ2v) is 5.07. The molecule has 0 radical (unpaired) electrons. The highest BCUT2D eigenvalue weighted by Gasteiger charge is 2.22. The SMILES string of the molecule is Cc1ccccc1C(=O)C[C@H](C[N+](=O)[O-])c1ccccc1. The summed E-state index contributed by atoms with van der Waals surface area (Å²) in [4.78, 5) is 22.9. The maximum atomic E-state index is 12.4. The molecular weight excluding hydrogens is 266 g/mol. The molecule has 0 spiro atoms. The van der Waals surface area contributed by atoms with E-state index < -0.39 is 5.92 Å². The summed E-state index contributed by atoms with van der Waals surface area (Å²) in [5.41, 5.74) is 2.37. The summed E-state index contributed by atoms with van der Waals surface area (Å²) in [7, 11) is 0. The van der Waals surface area contributed by atoms with Crippen LogP contribution in [0.2, 0.25) is 0 Å². The molecule has 2 aromatic carbocycles. The Morgan fingerprint density at radius 1 is 1.10 bits per heavy atom. The molecule has 1 atom stereocenters. The molecule has 0 aliphatic heterocycles. The number of nitrogens with zero attached hydrogens (tertiary/aromatic N) is 1. The Bertz CT molecular complexity index is 637. The van der Waals surface area contributed by atoms with Gasteiger partial charge >= 0.3 is 0 Å². The highest BCUT2D eigenvalue weighted by atomic mass is 16.6. The van der Waals surface area contributed by atoms with Gasteiger partial charge in [0.2, 0.25) is 6.54 Å². The molecule has 0 N–H and O–H groups in total. The number of ketones is 1. The predicted octanol–water partition coefficient (Wildman–Crippen LogP) is 3.63. The third kappa shape index (κ3) is 3.99. The Morgan fingerprint density at radius 3 is 2.33 bits per heavy atom. The van der Waals surface area contributed by atoms with Gasteiger partial charge in [-0.2, -0.15) is 0 Å². The lowest BCUT2D eigenvalue weighted by Crippen LogP contribution is -2.17. The summed E-state index contributed by atoms with van der Waals surface area (Å²) in [6.07, 6.45) is 0.149. The fourth-order valence-corrected chi connectivity index (χ4v) is 2.41. The van der Waals surface area contributed by atoms with Crippen LogP contribution in [0, 0.1) is 17.0 Å². The molecular formula is C17H17NO3. The highest BCUT2D eigenvalue weighted by molar-refractivity contribution is 5.97. The van der Waals surface area contributed by atoms with E-state index in [2.05, 4.69) is 0 Å². The zero-order valence-corrected chi connectivity index (χ0v) is 11.9. The van der Waals surface area contributed by atoms with Crippen LogP contribution in [0.25, 0.3) is 0 Å². The molecule has 0 unspecified atom stereocenters. The third-order valence-electron chi connectivity index (χ3n) is 3.52. The Hall–Kier alpha value is -2.49. The van der Waals surface area contributed by atoms with Crippen molar-refractivity contribution in [3.05, 3.63) is 81.4 Å². The minimum absolute atomic E-state index is 0.0520. The normalized spacial score (nSPS) is 11.9. The molecule has 0 saturated heterocycles. The second kappa shape index (κ2) is 6.79. The van der Waals surface area contributed by atoms with Gasteiger partial charge in [-0.25, -0.2) is 0 Å². The van der Waals surface area contributed by atoms with Crippen molar-refractivity contribution in [3.63, 3.8) is 0 Å². The zero-order chi connectivity index (χ0) is 15.2. The number of aryl methyl sites for hydroxylation is 1. The van der Waals surface area contributed by atoms with Gasteiger partial charge in [0.15, 0.2) is 5.78 Å². The Labute approximate surface area is 123 Å². The lowest BCUT2D eigenvalue weighted by Gasteiger charge is -2.13. The van der Waals surface area contributed by atoms with Crippen LogP contribution in [0.5, 0.6) is 0 Å². The molecule has 0 aliphatic rings. The lowest BCUT2D eigenvalue weighted by molar-refractivity contribution is -0.483. The molecule has 2 rings (SSSR count). The van der Waals surface area contributed by atoms with Crippen LogP contribution < -0.4 is 0 Å². The second-order valence-electron chi connectivity index (χ2n) is 5.07. The van der Waals surface area contributed by atoms with Gasteiger partial charge in [0.1, 0.15) is 0 Å². The van der Waals surface area contributed by atoms with Crippen molar-refractivity contribution in [1.29, 1.82) is 0 Å². The first-order chi connectivity index (χ1) is 10.1. The average molecular weight is 283 g/mol. The van der Waals surface area contributed by atoms with E-state index in [4.69, 9.17) is 0 Å². The molecule has 0 fully saturated rings. The van der Waals surface area contributed by atoms with Crippen molar-refractivity contribution < 1.29 is 9.72 Å². The summed E-state index contributed by atoms with van der Waals surface area (Å²) in [6, 6.07) is 16.5. The molecule has 0 saturated carbocycles. The highest BCUT2D eigenvalue weighted by Crippen LogP contribution is 2.23. The fraction of sp³-hybridized carbons (Fsp3) is 0.235. The molecule has 4 heteroatoms. The van der Waals surface area contributed by atoms with Gasteiger partial charge in [-0.05, 0) is 18.1 Å². The number of hydrogen-bond donors (Lipinski definition) is 0. The number of nitro groups is 1. The molecule has 0 aliphatic carbocycles. The maximum Gasteiger partial charge on any atom is 0.211 e. The van der Waals surface area contributed by atoms with Crippen LogP contribution >= 0.6 is 0 Å². The lowest BCUT2D eigenvalue weighted by atomic mass is 9.90. The van der Waals surface area contributed by atoms with E-state index in [1.54, 1.807) is 6.07 Å². The average Bonchev–Trinajstić information content (AvgIpc) is 2.47. The van der Waals surface area contributed by atoms with E-state index in [0.717, 1.165) is 11.1 Å². The van der Waals surface area contributed by atoms with Crippen LogP contribution in [0.4, 0.5) is 0 Å². The van der Waals surface area contributed by atoms with Gasteiger partial charge in [-0.1, -0.05) is 54.6 Å². The van der Waals surface area contributed by atoms with E-state index in [1.165, 1.54) is 0 Å². The van der Waals surface area contributed by atoms with Gasteiger partial charge in [0, 0.05) is 16.9 Å². The summed E-state index contributed by atoms with van der Waals surface area (Å²) in [6.45, 7) is 1.64. The first-order valence-corrected chi connectivity index (χ1v) is 6.83. The van der Waals surface area contributed by atoms with Crippen molar-refractivity contribution in [1.82, 2.24) is 0 Å². The van der Waals surface area contributed by atoms with E-state index in [-0.39, 0.29) is 23.7 Å². The van der Waals surface area contributed by atoms with Crippen LogP contribution in [-0.4, -0.2) is 17.3 Å². The Balaban J connectivity index is 2.21. The molecule has 21 heavy (non-hydrogen) atoms. The predicted molar refractivity (Wildman–Crippen MR) is 81.2 cm³/mol. The number of rotatable bonds is 6. The summed E-state index contributed by atoms with van der Waals surface area (Å²) >= 11 is 0. The zero-order valence-electron chi connectivity index (χ0n) is 11.9. The molecule has 108 valence electrons. The molecule has 0 heterocycles. The quantitative estimate of drug-likeness (QED) is 0.462. The summed E-state index contributed by atoms with van der Waals surface area (Å²) in [5, 5.41) is 10.9. The summed E-state index contributed by atoms with van der Waals surface area (Å²) in [5.74, 6) is -0.447. The largest absolute Gasteiger partial charge is 0.294 e. The van der Waals surface area contributed by atoms with Gasteiger partial charge < -0.3 is 0 Å². The summed E-state index contributed by atoms with van der Waals surface area (Å²) < 4.78 is 0. The van der Waals surface area contributed by atoms with Crippen molar-refractivity contribution >= 4 is 5.78 Å². The number of carbonyl (C=O) groups excluding carboxylic acids is 1. The first-order valence-electron chi connectivity index (χ1n) is 6.83. The van der Waals surface area contributed by atoms with Gasteiger partial charge in [0.25, 0.3) is 0 Å².